The molecule has 0 aromatic heterocycles. The molecule has 0 unspecified atom stereocenters. The highest BCUT2D eigenvalue weighted by Crippen LogP contribution is 2.26. The van der Waals surface area contributed by atoms with Gasteiger partial charge in [-0.25, -0.2) is 0 Å². The quantitative estimate of drug-likeness (QED) is 0.694. The smallest absolute Gasteiger partial charge is 0.220 e. The van der Waals surface area contributed by atoms with Crippen LogP contribution in [0.15, 0.2) is 46.9 Å². The van der Waals surface area contributed by atoms with Gasteiger partial charge in [0.15, 0.2) is 0 Å². The van der Waals surface area contributed by atoms with Crippen LogP contribution in [0.4, 0.5) is 0 Å². The minimum atomic E-state index is 0.00808. The topological polar surface area (TPSA) is 38.3 Å². The van der Waals surface area contributed by atoms with Gasteiger partial charge in [0.25, 0.3) is 0 Å². The van der Waals surface area contributed by atoms with E-state index in [-0.39, 0.29) is 12.5 Å². The van der Waals surface area contributed by atoms with Crippen LogP contribution in [0.1, 0.15) is 17.5 Å². The van der Waals surface area contributed by atoms with Gasteiger partial charge in [-0.2, -0.15) is 0 Å². The molecule has 3 nitrogen and oxygen atoms in total. The SMILES string of the molecule is C#CCOc1ccc(CCC(=O)NCc2ccc(Cl)cc2)cc1Br. The van der Waals surface area contributed by atoms with Gasteiger partial charge in [0.05, 0.1) is 4.47 Å². The van der Waals surface area contributed by atoms with Crippen LogP contribution in [0, 0.1) is 12.3 Å². The lowest BCUT2D eigenvalue weighted by molar-refractivity contribution is -0.121. The minimum absolute atomic E-state index is 0.00808. The van der Waals surface area contributed by atoms with E-state index in [9.17, 15) is 4.79 Å². The van der Waals surface area contributed by atoms with Crippen LogP contribution >= 0.6 is 27.5 Å². The van der Waals surface area contributed by atoms with Crippen molar-refractivity contribution < 1.29 is 9.53 Å². The molecule has 0 fully saturated rings. The lowest BCUT2D eigenvalue weighted by Crippen LogP contribution is -2.22. The first-order chi connectivity index (χ1) is 11.6. The van der Waals surface area contributed by atoms with Crippen LogP contribution in [-0.4, -0.2) is 12.5 Å². The van der Waals surface area contributed by atoms with Crippen molar-refractivity contribution >= 4 is 33.4 Å². The van der Waals surface area contributed by atoms with Crippen molar-refractivity contribution in [2.45, 2.75) is 19.4 Å². The van der Waals surface area contributed by atoms with Crippen molar-refractivity contribution in [2.75, 3.05) is 6.61 Å². The maximum absolute atomic E-state index is 12.0. The lowest BCUT2D eigenvalue weighted by atomic mass is 10.1. The van der Waals surface area contributed by atoms with Gasteiger partial charge in [0, 0.05) is 18.0 Å². The molecule has 1 N–H and O–H groups in total. The van der Waals surface area contributed by atoms with E-state index >= 15 is 0 Å². The molecule has 0 radical (unpaired) electrons. The number of carbonyl (C=O) groups is 1. The van der Waals surface area contributed by atoms with E-state index < -0.39 is 0 Å². The third-order valence-electron chi connectivity index (χ3n) is 3.35. The summed E-state index contributed by atoms with van der Waals surface area (Å²) in [5.41, 5.74) is 2.07. The second-order valence-corrected chi connectivity index (χ2v) is 6.45. The van der Waals surface area contributed by atoms with Gasteiger partial charge in [-0.1, -0.05) is 35.7 Å². The summed E-state index contributed by atoms with van der Waals surface area (Å²) in [5, 5.41) is 3.59. The Bertz CT molecular complexity index is 738. The van der Waals surface area contributed by atoms with Crippen LogP contribution in [0.3, 0.4) is 0 Å². The Morgan fingerprint density at radius 1 is 1.21 bits per heavy atom. The van der Waals surface area contributed by atoms with Crippen LogP contribution in [-0.2, 0) is 17.8 Å². The van der Waals surface area contributed by atoms with Crippen LogP contribution < -0.4 is 10.1 Å². The zero-order valence-corrected chi connectivity index (χ0v) is 15.4. The molecule has 5 heteroatoms. The highest BCUT2D eigenvalue weighted by Gasteiger charge is 2.06. The van der Waals surface area contributed by atoms with E-state index in [0.717, 1.165) is 15.6 Å². The highest BCUT2D eigenvalue weighted by atomic mass is 79.9. The molecule has 0 heterocycles. The van der Waals surface area contributed by atoms with E-state index in [4.69, 9.17) is 22.8 Å². The number of benzene rings is 2. The number of hydrogen-bond donors (Lipinski definition) is 1. The average Bonchev–Trinajstić information content (AvgIpc) is 2.58. The molecular weight excluding hydrogens is 390 g/mol. The number of ether oxygens (including phenoxy) is 1. The van der Waals surface area contributed by atoms with Crippen molar-refractivity contribution in [1.82, 2.24) is 5.32 Å². The maximum atomic E-state index is 12.0. The first-order valence-corrected chi connectivity index (χ1v) is 8.61. The number of halogens is 2. The van der Waals surface area contributed by atoms with Crippen molar-refractivity contribution in [3.63, 3.8) is 0 Å². The van der Waals surface area contributed by atoms with E-state index in [1.165, 1.54) is 0 Å². The predicted molar refractivity (Wildman–Crippen MR) is 100 cm³/mol. The fourth-order valence-corrected chi connectivity index (χ4v) is 2.75. The van der Waals surface area contributed by atoms with Gasteiger partial charge in [-0.05, 0) is 57.7 Å². The molecule has 2 rings (SSSR count). The molecule has 0 aliphatic heterocycles. The largest absolute Gasteiger partial charge is 0.480 e. The van der Waals surface area contributed by atoms with E-state index in [1.54, 1.807) is 0 Å². The van der Waals surface area contributed by atoms with Crippen LogP contribution in [0.5, 0.6) is 5.75 Å². The molecule has 24 heavy (non-hydrogen) atoms. The normalized spacial score (nSPS) is 10.0. The molecule has 124 valence electrons. The zero-order valence-electron chi connectivity index (χ0n) is 13.0. The molecule has 0 aliphatic carbocycles. The summed E-state index contributed by atoms with van der Waals surface area (Å²) in [6.45, 7) is 0.726. The highest BCUT2D eigenvalue weighted by molar-refractivity contribution is 9.10. The summed E-state index contributed by atoms with van der Waals surface area (Å²) in [7, 11) is 0. The minimum Gasteiger partial charge on any atom is -0.480 e. The molecule has 0 aliphatic rings. The lowest BCUT2D eigenvalue weighted by Gasteiger charge is -2.08. The molecule has 2 aromatic carbocycles. The molecule has 0 spiro atoms. The standard InChI is InChI=1S/C19H17BrClNO2/c1-2-11-24-18-9-5-14(12-17(18)20)6-10-19(23)22-13-15-3-7-16(21)8-4-15/h1,3-5,7-9,12H,6,10-11,13H2,(H,22,23). The first kappa shape index (κ1) is 18.4. The second-order valence-electron chi connectivity index (χ2n) is 5.16. The summed E-state index contributed by atoms with van der Waals surface area (Å²) in [6.07, 6.45) is 6.25. The fraction of sp³-hybridized carbons (Fsp3) is 0.211. The average molecular weight is 407 g/mol. The third-order valence-corrected chi connectivity index (χ3v) is 4.22. The molecule has 0 atom stereocenters. The number of nitrogens with one attached hydrogen (secondary N) is 1. The Labute approximate surface area is 155 Å². The number of hydrogen-bond acceptors (Lipinski definition) is 2. The van der Waals surface area contributed by atoms with Gasteiger partial charge in [-0.15, -0.1) is 6.42 Å². The number of terminal acetylenes is 1. The van der Waals surface area contributed by atoms with Crippen molar-refractivity contribution in [1.29, 1.82) is 0 Å². The third kappa shape index (κ3) is 5.92. The van der Waals surface area contributed by atoms with Crippen molar-refractivity contribution in [3.8, 4) is 18.1 Å². The number of amides is 1. The molecule has 2 aromatic rings. The Balaban J connectivity index is 1.80. The number of aryl methyl sites for hydroxylation is 1. The molecule has 1 amide bonds. The van der Waals surface area contributed by atoms with E-state index in [1.807, 2.05) is 42.5 Å². The number of rotatable bonds is 7. The Morgan fingerprint density at radius 3 is 2.58 bits per heavy atom. The summed E-state index contributed by atoms with van der Waals surface area (Å²) < 4.78 is 6.22. The van der Waals surface area contributed by atoms with Gasteiger partial charge >= 0.3 is 0 Å². The molecular formula is C19H17BrClNO2. The Morgan fingerprint density at radius 2 is 1.92 bits per heavy atom. The molecule has 0 bridgehead atoms. The summed E-state index contributed by atoms with van der Waals surface area (Å²) in [5.74, 6) is 3.13. The van der Waals surface area contributed by atoms with Gasteiger partial charge in [-0.3, -0.25) is 4.79 Å². The van der Waals surface area contributed by atoms with Gasteiger partial charge < -0.3 is 10.1 Å². The first-order valence-electron chi connectivity index (χ1n) is 7.44. The zero-order chi connectivity index (χ0) is 17.4. The fourth-order valence-electron chi connectivity index (χ4n) is 2.09. The molecule has 0 saturated heterocycles. The molecule has 0 saturated carbocycles. The summed E-state index contributed by atoms with van der Waals surface area (Å²) in [4.78, 5) is 12.0. The second kappa shape index (κ2) is 9.36. The number of carbonyl (C=O) groups excluding carboxylic acids is 1. The van der Waals surface area contributed by atoms with E-state index in [2.05, 4.69) is 27.2 Å². The van der Waals surface area contributed by atoms with E-state index in [0.29, 0.717) is 30.2 Å². The van der Waals surface area contributed by atoms with Gasteiger partial charge in [0.2, 0.25) is 5.91 Å². The maximum Gasteiger partial charge on any atom is 0.220 e. The predicted octanol–water partition coefficient (Wildman–Crippen LogP) is 4.36. The summed E-state index contributed by atoms with van der Waals surface area (Å²) in [6, 6.07) is 13.1. The Kier molecular flexibility index (Phi) is 7.17. The Hall–Kier alpha value is -1.96. The monoisotopic (exact) mass is 405 g/mol. The van der Waals surface area contributed by atoms with Crippen LogP contribution in [0.25, 0.3) is 0 Å². The van der Waals surface area contributed by atoms with Crippen LogP contribution in [0.2, 0.25) is 5.02 Å². The van der Waals surface area contributed by atoms with Gasteiger partial charge in [0.1, 0.15) is 12.4 Å². The van der Waals surface area contributed by atoms with Crippen molar-refractivity contribution in [2.24, 2.45) is 0 Å². The van der Waals surface area contributed by atoms with Crippen molar-refractivity contribution in [3.05, 3.63) is 63.1 Å². The summed E-state index contributed by atoms with van der Waals surface area (Å²) >= 11 is 9.28.